The maximum absolute atomic E-state index is 15.2. The number of phenols is 1. The lowest BCUT2D eigenvalue weighted by atomic mass is 9.65. The molecule has 76 heavy (non-hydrogen) atoms. The van der Waals surface area contributed by atoms with Gasteiger partial charge >= 0.3 is 17.9 Å². The number of morpholine rings is 1. The molecule has 0 bridgehead atoms. The molecule has 1 spiro atoms. The fraction of sp³-hybridized carbons (Fsp3) is 0.339. The van der Waals surface area contributed by atoms with E-state index in [-0.39, 0.29) is 56.0 Å². The van der Waals surface area contributed by atoms with Gasteiger partial charge in [-0.2, -0.15) is 0 Å². The zero-order chi connectivity index (χ0) is 53.3. The molecule has 5 heterocycles. The second-order valence-electron chi connectivity index (χ2n) is 19.9. The van der Waals surface area contributed by atoms with Gasteiger partial charge in [-0.1, -0.05) is 104 Å². The third-order valence-electron chi connectivity index (χ3n) is 15.5. The van der Waals surface area contributed by atoms with E-state index in [1.54, 1.807) is 30.3 Å². The number of fused-ring (bicyclic) bond motifs is 4. The van der Waals surface area contributed by atoms with Crippen molar-refractivity contribution < 1.29 is 57.6 Å². The minimum atomic E-state index is -1.72. The van der Waals surface area contributed by atoms with Gasteiger partial charge < -0.3 is 39.6 Å². The van der Waals surface area contributed by atoms with Crippen molar-refractivity contribution in [3.8, 4) is 11.5 Å². The summed E-state index contributed by atoms with van der Waals surface area (Å²) < 4.78 is 25.1. The molecule has 10 rings (SSSR count). The van der Waals surface area contributed by atoms with Gasteiger partial charge in [-0.05, 0) is 112 Å². The summed E-state index contributed by atoms with van der Waals surface area (Å²) in [6.45, 7) is 5.25. The number of cyclic esters (lactones) is 1. The van der Waals surface area contributed by atoms with E-state index in [1.165, 1.54) is 30.0 Å². The maximum Gasteiger partial charge on any atom is 0.325 e. The van der Waals surface area contributed by atoms with Crippen LogP contribution >= 0.6 is 22.6 Å². The first kappa shape index (κ1) is 52.1. The van der Waals surface area contributed by atoms with Crippen molar-refractivity contribution in [2.24, 2.45) is 17.8 Å². The summed E-state index contributed by atoms with van der Waals surface area (Å²) in [5, 5.41) is 15.9. The van der Waals surface area contributed by atoms with Crippen LogP contribution in [0.25, 0.3) is 0 Å². The lowest BCUT2D eigenvalue weighted by molar-refractivity contribution is -0.180. The molecule has 0 aromatic heterocycles. The number of halogens is 1. The number of anilines is 1. The SMILES string of the molecule is C=CCOC(=O)[C@H]1[C@@H]2C(=O)O[C@@H](c3ccccc3)[C@@H](c3ccccc3)N2[C@@H](c2ccc(OCCOC(=O)[C@@H]3C[C@@H]4C(=O)C[C@@H](CCCCNC(C)=O)C(=O)N4[C@@H]3c3ccc(O)cc3)cc2)[C@]12C(=O)Nc1ccc(I)cc12. The highest BCUT2D eigenvalue weighted by molar-refractivity contribution is 14.1. The molecule has 5 aromatic rings. The monoisotopic (exact) mass is 1140 g/mol. The summed E-state index contributed by atoms with van der Waals surface area (Å²) in [6, 6.07) is 33.2. The topological polar surface area (TPSA) is 207 Å². The average molecular weight is 1140 g/mol. The Kier molecular flexibility index (Phi) is 15.1. The van der Waals surface area contributed by atoms with Crippen molar-refractivity contribution in [3.63, 3.8) is 0 Å². The number of phenolic OH excluding ortho intramolecular Hbond substituents is 1. The summed E-state index contributed by atoms with van der Waals surface area (Å²) in [6.07, 6.45) is 2.46. The van der Waals surface area contributed by atoms with Crippen LogP contribution in [0.2, 0.25) is 0 Å². The van der Waals surface area contributed by atoms with Crippen molar-refractivity contribution in [1.82, 2.24) is 15.1 Å². The zero-order valence-electron chi connectivity index (χ0n) is 41.7. The Bertz CT molecular complexity index is 3050. The van der Waals surface area contributed by atoms with Crippen LogP contribution in [-0.4, -0.2) is 94.8 Å². The Hall–Kier alpha value is -7.38. The minimum absolute atomic E-state index is 0.00854. The molecule has 0 unspecified atom stereocenters. The predicted octanol–water partition coefficient (Wildman–Crippen LogP) is 7.77. The van der Waals surface area contributed by atoms with Crippen molar-refractivity contribution in [1.29, 1.82) is 0 Å². The van der Waals surface area contributed by atoms with Gasteiger partial charge in [-0.15, -0.1) is 0 Å². The lowest BCUT2D eigenvalue weighted by Gasteiger charge is -2.46. The fourth-order valence-electron chi connectivity index (χ4n) is 12.3. The number of carbonyl (C=O) groups is 7. The standard InChI is InChI=1S/C59H57IN4O12/c1-3-28-74-56(70)48-51-57(71)76-52(37-14-8-5-9-15-37)50(35-12-6-4-7-13-35)64(51)53(59(48)44-32-40(60)21-26-45(44)62-58(59)72)38-19-24-42(25-20-38)73-29-30-75-55(69)43-33-46-47(67)31-39(16-10-11-27-61-34(2)65)54(68)63(46)49(43)36-17-22-41(66)23-18-36/h3-9,12-15,17-26,32,39,43,46,48-53,66H,1,10-11,16,27-31,33H2,2H3,(H,61,65)(H,62,72)/t39-,43-,46-,48-,49-,50-,51-,52+,53+,59-/m1/s1. The van der Waals surface area contributed by atoms with E-state index in [0.29, 0.717) is 53.9 Å². The summed E-state index contributed by atoms with van der Waals surface area (Å²) >= 11 is 2.18. The summed E-state index contributed by atoms with van der Waals surface area (Å²) in [5.74, 6) is -5.42. The van der Waals surface area contributed by atoms with Crippen LogP contribution in [0.4, 0.5) is 5.69 Å². The Balaban J connectivity index is 0.930. The first-order valence-corrected chi connectivity index (χ1v) is 26.6. The Morgan fingerprint density at radius 2 is 1.50 bits per heavy atom. The number of nitrogens with zero attached hydrogens (tertiary/aromatic N) is 2. The van der Waals surface area contributed by atoms with Gasteiger partial charge in [0.15, 0.2) is 5.78 Å². The Morgan fingerprint density at radius 1 is 0.816 bits per heavy atom. The van der Waals surface area contributed by atoms with Gasteiger partial charge in [0, 0.05) is 35.1 Å². The molecular formula is C59H57IN4O12. The number of esters is 3. The number of amides is 3. The van der Waals surface area contributed by atoms with Crippen molar-refractivity contribution in [3.05, 3.63) is 171 Å². The fourth-order valence-corrected chi connectivity index (χ4v) is 12.8. The van der Waals surface area contributed by atoms with E-state index in [4.69, 9.17) is 18.9 Å². The number of carbonyl (C=O) groups excluding carboxylic acids is 7. The third kappa shape index (κ3) is 9.63. The van der Waals surface area contributed by atoms with E-state index in [0.717, 1.165) is 14.7 Å². The number of ether oxygens (including phenoxy) is 4. The first-order valence-electron chi connectivity index (χ1n) is 25.6. The summed E-state index contributed by atoms with van der Waals surface area (Å²) in [7, 11) is 0. The molecule has 5 aliphatic heterocycles. The molecule has 392 valence electrons. The minimum Gasteiger partial charge on any atom is -0.508 e. The number of rotatable bonds is 17. The summed E-state index contributed by atoms with van der Waals surface area (Å²) in [4.78, 5) is 102. The molecular weight excluding hydrogens is 1080 g/mol. The molecule has 10 atom stereocenters. The van der Waals surface area contributed by atoms with Crippen molar-refractivity contribution in [2.45, 2.75) is 80.8 Å². The van der Waals surface area contributed by atoms with E-state index in [9.17, 15) is 33.9 Å². The molecule has 16 nitrogen and oxygen atoms in total. The van der Waals surface area contributed by atoms with Gasteiger partial charge in [0.25, 0.3) is 0 Å². The molecule has 3 N–H and O–H groups in total. The zero-order valence-corrected chi connectivity index (χ0v) is 43.8. The lowest BCUT2D eigenvalue weighted by Crippen LogP contribution is -2.52. The van der Waals surface area contributed by atoms with E-state index >= 15 is 4.79 Å². The number of piperidine rings is 1. The number of nitrogens with one attached hydrogen (secondary N) is 2. The molecule has 0 saturated carbocycles. The van der Waals surface area contributed by atoms with Crippen molar-refractivity contribution >= 4 is 69.7 Å². The Morgan fingerprint density at radius 3 is 2.20 bits per heavy atom. The van der Waals surface area contributed by atoms with Gasteiger partial charge in [0.2, 0.25) is 17.7 Å². The molecule has 5 aliphatic rings. The van der Waals surface area contributed by atoms with E-state index in [1.807, 2.05) is 89.8 Å². The van der Waals surface area contributed by atoms with Crippen LogP contribution in [0.5, 0.6) is 11.5 Å². The van der Waals surface area contributed by atoms with Gasteiger partial charge in [0.05, 0.1) is 30.1 Å². The largest absolute Gasteiger partial charge is 0.508 e. The Labute approximate surface area is 453 Å². The van der Waals surface area contributed by atoms with Crippen LogP contribution in [0.3, 0.4) is 0 Å². The number of hydrogen-bond acceptors (Lipinski definition) is 13. The normalized spacial score (nSPS) is 26.4. The second kappa shape index (κ2) is 22.1. The molecule has 3 amide bonds. The van der Waals surface area contributed by atoms with Crippen LogP contribution in [0.1, 0.15) is 91.1 Å². The number of hydrogen-bond donors (Lipinski definition) is 3. The molecule has 4 fully saturated rings. The number of ketones is 1. The smallest absolute Gasteiger partial charge is 0.325 e. The highest BCUT2D eigenvalue weighted by Crippen LogP contribution is 2.65. The first-order chi connectivity index (χ1) is 36.8. The number of benzene rings is 5. The predicted molar refractivity (Wildman–Crippen MR) is 285 cm³/mol. The molecule has 4 saturated heterocycles. The number of unbranched alkanes of at least 4 members (excludes halogenated alkanes) is 1. The van der Waals surface area contributed by atoms with Crippen molar-refractivity contribution in [2.75, 3.05) is 31.7 Å². The highest BCUT2D eigenvalue weighted by Gasteiger charge is 2.74. The van der Waals surface area contributed by atoms with Crippen LogP contribution in [0.15, 0.2) is 140 Å². The van der Waals surface area contributed by atoms with E-state index in [2.05, 4.69) is 39.8 Å². The molecule has 0 radical (unpaired) electrons. The van der Waals surface area contributed by atoms with Crippen LogP contribution < -0.4 is 15.4 Å². The maximum atomic E-state index is 15.2. The molecule has 0 aliphatic carbocycles. The highest BCUT2D eigenvalue weighted by atomic mass is 127. The third-order valence-corrected chi connectivity index (χ3v) is 16.1. The van der Waals surface area contributed by atoms with Crippen LogP contribution in [-0.2, 0) is 53.2 Å². The number of aromatic hydroxyl groups is 1. The molecule has 5 aromatic carbocycles. The quantitative estimate of drug-likeness (QED) is 0.0268. The number of Topliss-reactive ketones (excluding diaryl/α,β-unsaturated/α-hetero) is 1. The molecule has 17 heteroatoms. The van der Waals surface area contributed by atoms with Gasteiger partial charge in [-0.3, -0.25) is 38.5 Å². The van der Waals surface area contributed by atoms with Crippen LogP contribution in [0, 0.1) is 21.3 Å². The second-order valence-corrected chi connectivity index (χ2v) is 21.1. The van der Waals surface area contributed by atoms with E-state index < -0.39 is 83.3 Å². The average Bonchev–Trinajstić information content (AvgIpc) is 4.27. The van der Waals surface area contributed by atoms with Gasteiger partial charge in [-0.25, -0.2) is 0 Å². The van der Waals surface area contributed by atoms with Gasteiger partial charge in [0.1, 0.15) is 54.8 Å². The summed E-state index contributed by atoms with van der Waals surface area (Å²) in [5.41, 5.74) is 2.03.